The Morgan fingerprint density at radius 1 is 1.13 bits per heavy atom. The van der Waals surface area contributed by atoms with Gasteiger partial charge in [-0.25, -0.2) is 13.4 Å². The van der Waals surface area contributed by atoms with Crippen molar-refractivity contribution in [2.24, 2.45) is 0 Å². The number of halogens is 5. The van der Waals surface area contributed by atoms with Crippen molar-refractivity contribution in [2.45, 2.75) is 11.1 Å². The molecule has 3 N–H and O–H groups in total. The van der Waals surface area contributed by atoms with Crippen molar-refractivity contribution in [3.8, 4) is 5.88 Å². The van der Waals surface area contributed by atoms with E-state index < -0.39 is 43.3 Å². The molecule has 3 aromatic rings. The van der Waals surface area contributed by atoms with E-state index in [2.05, 4.69) is 14.7 Å². The van der Waals surface area contributed by atoms with E-state index in [1.165, 1.54) is 18.3 Å². The highest BCUT2D eigenvalue weighted by Crippen LogP contribution is 2.36. The molecule has 2 heterocycles. The van der Waals surface area contributed by atoms with Crippen molar-refractivity contribution in [3.05, 3.63) is 75.7 Å². The summed E-state index contributed by atoms with van der Waals surface area (Å²) in [6.45, 7) is 0. The highest BCUT2D eigenvalue weighted by Gasteiger charge is 2.34. The first-order valence-electron chi connectivity index (χ1n) is 8.18. The average molecular weight is 491 g/mol. The lowest BCUT2D eigenvalue weighted by molar-refractivity contribution is -0.137. The minimum atomic E-state index is -4.87. The molecule has 0 unspecified atom stereocenters. The average Bonchev–Trinajstić information content (AvgIpc) is 2.67. The summed E-state index contributed by atoms with van der Waals surface area (Å²) in [4.78, 5) is 6.84. The number of hydrogen-bond donors (Lipinski definition) is 3. The first-order chi connectivity index (χ1) is 14.4. The van der Waals surface area contributed by atoms with Crippen molar-refractivity contribution < 1.29 is 26.7 Å². The quantitative estimate of drug-likeness (QED) is 0.447. The van der Waals surface area contributed by atoms with E-state index in [0.717, 1.165) is 24.4 Å². The highest BCUT2D eigenvalue weighted by atomic mass is 35.5. The van der Waals surface area contributed by atoms with Crippen LogP contribution in [-0.2, 0) is 16.2 Å². The lowest BCUT2D eigenvalue weighted by atomic mass is 10.1. The maximum Gasteiger partial charge on any atom is 0.417 e. The Morgan fingerprint density at radius 2 is 1.84 bits per heavy atom. The van der Waals surface area contributed by atoms with Crippen LogP contribution in [0.1, 0.15) is 16.8 Å². The third-order valence-corrected chi connectivity index (χ3v) is 5.84. The normalized spacial score (nSPS) is 11.9. The number of hydrogen-bond acceptors (Lipinski definition) is 6. The predicted molar refractivity (Wildman–Crippen MR) is 108 cm³/mol. The second-order valence-electron chi connectivity index (χ2n) is 6.04. The number of nitrogens with one attached hydrogen (secondary N) is 2. The fourth-order valence-corrected chi connectivity index (χ4v) is 3.99. The van der Waals surface area contributed by atoms with Crippen LogP contribution in [0.3, 0.4) is 0 Å². The van der Waals surface area contributed by atoms with E-state index in [1.807, 2.05) is 0 Å². The van der Waals surface area contributed by atoms with Gasteiger partial charge in [0.2, 0.25) is 5.88 Å². The largest absolute Gasteiger partial charge is 0.493 e. The van der Waals surface area contributed by atoms with Gasteiger partial charge in [-0.1, -0.05) is 23.2 Å². The Labute approximate surface area is 184 Å². The summed E-state index contributed by atoms with van der Waals surface area (Å²) < 4.78 is 66.9. The molecule has 0 fully saturated rings. The van der Waals surface area contributed by atoms with Gasteiger partial charge in [0.1, 0.15) is 5.69 Å². The first kappa shape index (κ1) is 22.8. The number of sulfonamides is 1. The van der Waals surface area contributed by atoms with Crippen LogP contribution >= 0.6 is 23.2 Å². The van der Waals surface area contributed by atoms with Crippen LogP contribution in [-0.4, -0.2) is 29.2 Å². The van der Waals surface area contributed by atoms with Gasteiger partial charge in [0.05, 0.1) is 37.5 Å². The molecule has 1 aromatic carbocycles. The van der Waals surface area contributed by atoms with Gasteiger partial charge in [-0.2, -0.15) is 13.2 Å². The Balaban J connectivity index is 2.06. The van der Waals surface area contributed by atoms with E-state index in [4.69, 9.17) is 28.6 Å². The monoisotopic (exact) mass is 490 g/mol. The molecular formula is C18H11Cl2F3N4O3S. The molecule has 0 saturated heterocycles. The third-order valence-electron chi connectivity index (χ3n) is 3.94. The van der Waals surface area contributed by atoms with Crippen LogP contribution in [0, 0.1) is 5.41 Å². The summed E-state index contributed by atoms with van der Waals surface area (Å²) in [7, 11) is -4.56. The molecule has 2 aromatic heterocycles. The van der Waals surface area contributed by atoms with E-state index in [1.54, 1.807) is 0 Å². The Morgan fingerprint density at radius 3 is 2.48 bits per heavy atom. The zero-order chi connectivity index (χ0) is 23.0. The Hall–Kier alpha value is -2.89. The molecule has 0 aliphatic carbocycles. The molecule has 3 rings (SSSR count). The van der Waals surface area contributed by atoms with Crippen LogP contribution < -0.4 is 4.72 Å². The Bertz CT molecular complexity index is 1280. The standard InChI is InChI=1S/C18H11Cl2F3N4O3S/c19-9-6-14(16(26-8-9)15(24)11-2-1-5-25-17(11)28)27-31(29,30)10-3-4-13(20)12(7-10)18(21,22)23/h1-8,24,27H,(H,25,28). The first-order valence-corrected chi connectivity index (χ1v) is 10.4. The summed E-state index contributed by atoms with van der Waals surface area (Å²) in [5, 5.41) is 17.5. The van der Waals surface area contributed by atoms with Crippen LogP contribution in [0.25, 0.3) is 0 Å². The van der Waals surface area contributed by atoms with Gasteiger partial charge in [-0.15, -0.1) is 0 Å². The lowest BCUT2D eigenvalue weighted by Crippen LogP contribution is -2.18. The van der Waals surface area contributed by atoms with Crippen LogP contribution in [0.2, 0.25) is 10.0 Å². The molecular weight excluding hydrogens is 480 g/mol. The molecule has 0 aliphatic heterocycles. The zero-order valence-corrected chi connectivity index (χ0v) is 17.4. The summed E-state index contributed by atoms with van der Waals surface area (Å²) in [5.41, 5.74) is -2.30. The summed E-state index contributed by atoms with van der Waals surface area (Å²) in [6, 6.07) is 6.02. The molecule has 0 atom stereocenters. The molecule has 0 aliphatic rings. The fraction of sp³-hybridized carbons (Fsp3) is 0.0556. The number of benzene rings is 1. The number of anilines is 1. The second-order valence-corrected chi connectivity index (χ2v) is 8.57. The molecule has 0 bridgehead atoms. The van der Waals surface area contributed by atoms with Gasteiger partial charge in [0.25, 0.3) is 10.0 Å². The third kappa shape index (κ3) is 4.89. The molecule has 0 spiro atoms. The number of alkyl halides is 3. The Kier molecular flexibility index (Phi) is 6.12. The van der Waals surface area contributed by atoms with Crippen LogP contribution in [0.5, 0.6) is 5.88 Å². The lowest BCUT2D eigenvalue weighted by Gasteiger charge is -2.15. The van der Waals surface area contributed by atoms with Gasteiger partial charge in [-0.05, 0) is 36.4 Å². The van der Waals surface area contributed by atoms with Gasteiger partial charge in [0.15, 0.2) is 0 Å². The van der Waals surface area contributed by atoms with Crippen molar-refractivity contribution in [1.29, 1.82) is 5.41 Å². The number of nitrogens with zero attached hydrogens (tertiary/aromatic N) is 2. The maximum absolute atomic E-state index is 13.1. The summed E-state index contributed by atoms with van der Waals surface area (Å²) >= 11 is 11.4. The fourth-order valence-electron chi connectivity index (χ4n) is 2.53. The number of aromatic nitrogens is 2. The van der Waals surface area contributed by atoms with E-state index in [9.17, 15) is 26.7 Å². The second kappa shape index (κ2) is 8.33. The maximum atomic E-state index is 13.1. The minimum Gasteiger partial charge on any atom is -0.493 e. The van der Waals surface area contributed by atoms with Gasteiger partial charge >= 0.3 is 6.18 Å². The molecule has 0 saturated carbocycles. The molecule has 0 amide bonds. The van der Waals surface area contributed by atoms with Crippen molar-refractivity contribution in [2.75, 3.05) is 4.72 Å². The smallest absolute Gasteiger partial charge is 0.417 e. The van der Waals surface area contributed by atoms with Gasteiger partial charge < -0.3 is 5.11 Å². The predicted octanol–water partition coefficient (Wildman–Crippen LogP) is 4.72. The highest BCUT2D eigenvalue weighted by molar-refractivity contribution is 7.92. The minimum absolute atomic E-state index is 0.00301. The molecule has 31 heavy (non-hydrogen) atoms. The van der Waals surface area contributed by atoms with Crippen LogP contribution in [0.4, 0.5) is 18.9 Å². The zero-order valence-electron chi connectivity index (χ0n) is 15.1. The van der Waals surface area contributed by atoms with E-state index in [-0.39, 0.29) is 22.0 Å². The summed E-state index contributed by atoms with van der Waals surface area (Å²) in [5.74, 6) is -0.495. The molecule has 13 heteroatoms. The molecule has 162 valence electrons. The number of aromatic hydroxyl groups is 1. The van der Waals surface area contributed by atoms with Crippen LogP contribution in [0.15, 0.2) is 53.7 Å². The van der Waals surface area contributed by atoms with Crippen molar-refractivity contribution in [1.82, 2.24) is 9.97 Å². The molecule has 0 radical (unpaired) electrons. The van der Waals surface area contributed by atoms with E-state index >= 15 is 0 Å². The topological polar surface area (TPSA) is 116 Å². The van der Waals surface area contributed by atoms with Crippen molar-refractivity contribution in [3.63, 3.8) is 0 Å². The van der Waals surface area contributed by atoms with Crippen molar-refractivity contribution >= 4 is 44.6 Å². The molecule has 7 nitrogen and oxygen atoms in total. The number of rotatable bonds is 5. The summed E-state index contributed by atoms with van der Waals surface area (Å²) in [6.07, 6.45) is -2.45. The van der Waals surface area contributed by atoms with Gasteiger partial charge in [0, 0.05) is 12.4 Å². The number of pyridine rings is 2. The van der Waals surface area contributed by atoms with E-state index in [0.29, 0.717) is 6.07 Å². The van der Waals surface area contributed by atoms with Gasteiger partial charge in [-0.3, -0.25) is 15.1 Å². The SMILES string of the molecule is N=C(c1cccnc1O)c1ncc(Cl)cc1NS(=O)(=O)c1ccc(Cl)c(C(F)(F)F)c1.